The minimum atomic E-state index is -0.685. The maximum absolute atomic E-state index is 12.2. The SMILES string of the molecule is Cc1ccc(-c2nnc([C@H](C)OC(=O)Cc3c(Cl)cccc3Cl)o2)cc1. The van der Waals surface area contributed by atoms with Crippen LogP contribution >= 0.6 is 23.2 Å². The molecule has 134 valence electrons. The summed E-state index contributed by atoms with van der Waals surface area (Å²) in [6.45, 7) is 3.66. The van der Waals surface area contributed by atoms with Crippen molar-refractivity contribution < 1.29 is 13.9 Å². The molecule has 0 saturated heterocycles. The molecule has 0 aliphatic heterocycles. The van der Waals surface area contributed by atoms with Crippen molar-refractivity contribution in [3.8, 4) is 11.5 Å². The molecule has 0 saturated carbocycles. The molecule has 0 amide bonds. The van der Waals surface area contributed by atoms with Gasteiger partial charge in [0.2, 0.25) is 5.89 Å². The maximum atomic E-state index is 12.2. The molecule has 7 heteroatoms. The van der Waals surface area contributed by atoms with Gasteiger partial charge >= 0.3 is 5.97 Å². The molecule has 0 aliphatic rings. The molecule has 0 radical (unpaired) electrons. The molecule has 0 aliphatic carbocycles. The minimum Gasteiger partial charge on any atom is -0.452 e. The van der Waals surface area contributed by atoms with Crippen LogP contribution in [0, 0.1) is 6.92 Å². The summed E-state index contributed by atoms with van der Waals surface area (Å²) in [5.74, 6) is 0.110. The van der Waals surface area contributed by atoms with Crippen LogP contribution in [0.3, 0.4) is 0 Å². The van der Waals surface area contributed by atoms with Crippen molar-refractivity contribution in [3.63, 3.8) is 0 Å². The second-order valence-electron chi connectivity index (χ2n) is 5.82. The van der Waals surface area contributed by atoms with E-state index in [1.807, 2.05) is 31.2 Å². The molecule has 26 heavy (non-hydrogen) atoms. The highest BCUT2D eigenvalue weighted by Gasteiger charge is 2.20. The number of aryl methyl sites for hydroxylation is 1. The van der Waals surface area contributed by atoms with Crippen LogP contribution in [0.2, 0.25) is 10.0 Å². The first-order valence-electron chi connectivity index (χ1n) is 7.97. The number of benzene rings is 2. The van der Waals surface area contributed by atoms with Crippen LogP contribution in [0.15, 0.2) is 46.9 Å². The van der Waals surface area contributed by atoms with Gasteiger partial charge in [-0.25, -0.2) is 0 Å². The fourth-order valence-electron chi connectivity index (χ4n) is 2.35. The lowest BCUT2D eigenvalue weighted by molar-refractivity contribution is -0.148. The predicted octanol–water partition coefficient (Wildman–Crippen LogP) is 5.20. The quantitative estimate of drug-likeness (QED) is 0.560. The molecule has 0 fully saturated rings. The third kappa shape index (κ3) is 4.23. The topological polar surface area (TPSA) is 65.2 Å². The normalized spacial score (nSPS) is 12.0. The van der Waals surface area contributed by atoms with Crippen molar-refractivity contribution >= 4 is 29.2 Å². The summed E-state index contributed by atoms with van der Waals surface area (Å²) in [5, 5.41) is 8.81. The van der Waals surface area contributed by atoms with E-state index in [2.05, 4.69) is 10.2 Å². The monoisotopic (exact) mass is 390 g/mol. The van der Waals surface area contributed by atoms with Crippen LogP contribution in [-0.2, 0) is 16.0 Å². The van der Waals surface area contributed by atoms with Gasteiger partial charge in [0.05, 0.1) is 6.42 Å². The second kappa shape index (κ2) is 7.89. The molecule has 1 aromatic heterocycles. The van der Waals surface area contributed by atoms with Gasteiger partial charge < -0.3 is 9.15 Å². The van der Waals surface area contributed by atoms with Gasteiger partial charge in [-0.1, -0.05) is 47.0 Å². The average molecular weight is 391 g/mol. The van der Waals surface area contributed by atoms with E-state index < -0.39 is 12.1 Å². The second-order valence-corrected chi connectivity index (χ2v) is 6.63. The van der Waals surface area contributed by atoms with Crippen molar-refractivity contribution in [1.82, 2.24) is 10.2 Å². The minimum absolute atomic E-state index is 0.0399. The molecular weight excluding hydrogens is 375 g/mol. The maximum Gasteiger partial charge on any atom is 0.311 e. The number of hydrogen-bond acceptors (Lipinski definition) is 5. The molecule has 3 aromatic rings. The van der Waals surface area contributed by atoms with Crippen LogP contribution in [-0.4, -0.2) is 16.2 Å². The summed E-state index contributed by atoms with van der Waals surface area (Å²) in [4.78, 5) is 12.2. The molecular formula is C19H16Cl2N2O3. The standard InChI is InChI=1S/C19H16Cl2N2O3/c1-11-6-8-13(9-7-11)19-23-22-18(26-19)12(2)25-17(24)10-14-15(20)4-3-5-16(14)21/h3-9,12H,10H2,1-2H3/t12-/m0/s1. The summed E-state index contributed by atoms with van der Waals surface area (Å²) < 4.78 is 11.0. The number of rotatable bonds is 5. The van der Waals surface area contributed by atoms with Gasteiger partial charge in [-0.3, -0.25) is 4.79 Å². The van der Waals surface area contributed by atoms with Crippen molar-refractivity contribution in [2.45, 2.75) is 26.4 Å². The first-order valence-corrected chi connectivity index (χ1v) is 8.72. The van der Waals surface area contributed by atoms with E-state index in [0.29, 0.717) is 21.5 Å². The molecule has 0 spiro atoms. The lowest BCUT2D eigenvalue weighted by Gasteiger charge is -2.11. The summed E-state index contributed by atoms with van der Waals surface area (Å²) >= 11 is 12.2. The Morgan fingerprint density at radius 3 is 2.42 bits per heavy atom. The molecule has 2 aromatic carbocycles. The summed E-state index contributed by atoms with van der Waals surface area (Å²) in [5.41, 5.74) is 2.46. The molecule has 1 heterocycles. The summed E-state index contributed by atoms with van der Waals surface area (Å²) in [6, 6.07) is 12.8. The molecule has 1 atom stereocenters. The number of ether oxygens (including phenoxy) is 1. The van der Waals surface area contributed by atoms with Gasteiger partial charge in [0.1, 0.15) is 0 Å². The van der Waals surface area contributed by atoms with Crippen molar-refractivity contribution in [2.24, 2.45) is 0 Å². The molecule has 0 unspecified atom stereocenters. The van der Waals surface area contributed by atoms with Gasteiger partial charge in [0.25, 0.3) is 5.89 Å². The Morgan fingerprint density at radius 2 is 1.77 bits per heavy atom. The van der Waals surface area contributed by atoms with Crippen LogP contribution in [0.5, 0.6) is 0 Å². The van der Waals surface area contributed by atoms with Gasteiger partial charge in [0.15, 0.2) is 6.10 Å². The van der Waals surface area contributed by atoms with Crippen LogP contribution < -0.4 is 0 Å². The van der Waals surface area contributed by atoms with E-state index >= 15 is 0 Å². The van der Waals surface area contributed by atoms with E-state index in [1.165, 1.54) is 0 Å². The third-order valence-corrected chi connectivity index (χ3v) is 4.49. The van der Waals surface area contributed by atoms with E-state index in [-0.39, 0.29) is 12.3 Å². The third-order valence-electron chi connectivity index (χ3n) is 3.78. The Kier molecular flexibility index (Phi) is 5.59. The molecule has 5 nitrogen and oxygen atoms in total. The Labute approximate surface area is 160 Å². The summed E-state index contributed by atoms with van der Waals surface area (Å²) in [7, 11) is 0. The Hall–Kier alpha value is -2.37. The van der Waals surface area contributed by atoms with Crippen molar-refractivity contribution in [2.75, 3.05) is 0 Å². The van der Waals surface area contributed by atoms with Crippen LogP contribution in [0.25, 0.3) is 11.5 Å². The average Bonchev–Trinajstić information content (AvgIpc) is 3.09. The van der Waals surface area contributed by atoms with Crippen LogP contribution in [0.4, 0.5) is 0 Å². The van der Waals surface area contributed by atoms with E-state index in [9.17, 15) is 4.79 Å². The molecule has 3 rings (SSSR count). The first-order chi connectivity index (χ1) is 12.4. The first kappa shape index (κ1) is 18.4. The zero-order valence-electron chi connectivity index (χ0n) is 14.2. The smallest absolute Gasteiger partial charge is 0.311 e. The number of halogens is 2. The zero-order chi connectivity index (χ0) is 18.7. The lowest BCUT2D eigenvalue weighted by Crippen LogP contribution is -2.12. The number of carbonyl (C=O) groups is 1. The van der Waals surface area contributed by atoms with Gasteiger partial charge in [-0.2, -0.15) is 0 Å². The Balaban J connectivity index is 1.67. The van der Waals surface area contributed by atoms with Gasteiger partial charge in [0, 0.05) is 21.2 Å². The number of hydrogen-bond donors (Lipinski definition) is 0. The highest BCUT2D eigenvalue weighted by Crippen LogP contribution is 2.27. The number of carbonyl (C=O) groups excluding carboxylic acids is 1. The number of nitrogens with zero attached hydrogens (tertiary/aromatic N) is 2. The Bertz CT molecular complexity index is 903. The van der Waals surface area contributed by atoms with Gasteiger partial charge in [-0.05, 0) is 38.1 Å². The largest absolute Gasteiger partial charge is 0.452 e. The summed E-state index contributed by atoms with van der Waals surface area (Å²) in [6.07, 6.45) is -0.725. The highest BCUT2D eigenvalue weighted by atomic mass is 35.5. The van der Waals surface area contributed by atoms with E-state index in [4.69, 9.17) is 32.4 Å². The Morgan fingerprint density at radius 1 is 1.12 bits per heavy atom. The van der Waals surface area contributed by atoms with Crippen LogP contribution in [0.1, 0.15) is 30.0 Å². The van der Waals surface area contributed by atoms with Crippen molar-refractivity contribution in [1.29, 1.82) is 0 Å². The fourth-order valence-corrected chi connectivity index (χ4v) is 2.88. The van der Waals surface area contributed by atoms with E-state index in [1.54, 1.807) is 25.1 Å². The lowest BCUT2D eigenvalue weighted by atomic mass is 10.1. The predicted molar refractivity (Wildman–Crippen MR) is 99.1 cm³/mol. The number of esters is 1. The van der Waals surface area contributed by atoms with Crippen molar-refractivity contribution in [3.05, 3.63) is 69.5 Å². The van der Waals surface area contributed by atoms with Gasteiger partial charge in [-0.15, -0.1) is 10.2 Å². The number of aromatic nitrogens is 2. The fraction of sp³-hybridized carbons (Fsp3) is 0.211. The highest BCUT2D eigenvalue weighted by molar-refractivity contribution is 6.36. The zero-order valence-corrected chi connectivity index (χ0v) is 15.7. The molecule has 0 bridgehead atoms. The van der Waals surface area contributed by atoms with E-state index in [0.717, 1.165) is 11.1 Å². The molecule has 0 N–H and O–H groups in total.